The summed E-state index contributed by atoms with van der Waals surface area (Å²) < 4.78 is 7.38. The summed E-state index contributed by atoms with van der Waals surface area (Å²) in [6.45, 7) is 4.96. The average molecular weight is 374 g/mol. The quantitative estimate of drug-likeness (QED) is 0.353. The summed E-state index contributed by atoms with van der Waals surface area (Å²) in [4.78, 5) is 23.7. The fourth-order valence-electron chi connectivity index (χ4n) is 3.22. The summed E-state index contributed by atoms with van der Waals surface area (Å²) in [5.74, 6) is -0.881. The molecule has 26 heavy (non-hydrogen) atoms. The number of rotatable bonds is 14. The summed E-state index contributed by atoms with van der Waals surface area (Å²) >= 11 is 0. The molecule has 1 atom stereocenters. The van der Waals surface area contributed by atoms with E-state index in [1.165, 1.54) is 32.1 Å². The van der Waals surface area contributed by atoms with Crippen molar-refractivity contribution in [2.45, 2.75) is 71.4 Å². The number of unbranched alkanes of at least 4 members (excludes halogenated alkanes) is 6. The van der Waals surface area contributed by atoms with Crippen molar-refractivity contribution in [3.63, 3.8) is 0 Å². The number of carboxylic acids is 2. The molecule has 8 nitrogen and oxygen atoms in total. The Morgan fingerprint density at radius 3 is 2.31 bits per heavy atom. The van der Waals surface area contributed by atoms with Gasteiger partial charge in [0.05, 0.1) is 0 Å². The number of carboxylic acid groups (broad SMARTS) is 2. The Hall–Kier alpha value is -1.67. The van der Waals surface area contributed by atoms with Crippen molar-refractivity contribution >= 4 is 17.8 Å². The highest BCUT2D eigenvalue weighted by Crippen LogP contribution is 2.14. The van der Waals surface area contributed by atoms with Crippen LogP contribution >= 0.6 is 0 Å². The SMILES string of the molecule is CCCCCCCCCC1=[N+](C(C)OCC(=O)O)CCN1CC(=O)O.[OH-]. The minimum Gasteiger partial charge on any atom is -0.870 e. The molecular weight excluding hydrogens is 340 g/mol. The van der Waals surface area contributed by atoms with Crippen molar-refractivity contribution in [1.29, 1.82) is 0 Å². The zero-order chi connectivity index (χ0) is 18.7. The lowest BCUT2D eigenvalue weighted by Gasteiger charge is -2.15. The third-order valence-corrected chi connectivity index (χ3v) is 4.52. The number of amidine groups is 1. The Balaban J connectivity index is 0.00000625. The van der Waals surface area contributed by atoms with E-state index in [2.05, 4.69) is 6.92 Å². The fraction of sp³-hybridized carbons (Fsp3) is 0.833. The maximum absolute atomic E-state index is 11.1. The van der Waals surface area contributed by atoms with Gasteiger partial charge in [0.15, 0.2) is 12.8 Å². The summed E-state index contributed by atoms with van der Waals surface area (Å²) in [5, 5.41) is 17.9. The first-order chi connectivity index (χ1) is 12.0. The van der Waals surface area contributed by atoms with Gasteiger partial charge >= 0.3 is 11.9 Å². The summed E-state index contributed by atoms with van der Waals surface area (Å²) in [7, 11) is 0. The van der Waals surface area contributed by atoms with Gasteiger partial charge in [0.25, 0.3) is 0 Å². The molecule has 3 N–H and O–H groups in total. The molecule has 152 valence electrons. The number of nitrogens with zero attached hydrogens (tertiary/aromatic N) is 2. The largest absolute Gasteiger partial charge is 0.870 e. The van der Waals surface area contributed by atoms with Crippen LogP contribution in [0.2, 0.25) is 0 Å². The molecule has 0 aromatic heterocycles. The number of aliphatic carboxylic acids is 2. The Bertz CT molecular complexity index is 467. The molecule has 0 amide bonds. The lowest BCUT2D eigenvalue weighted by Crippen LogP contribution is -2.36. The lowest BCUT2D eigenvalue weighted by molar-refractivity contribution is -0.601. The zero-order valence-corrected chi connectivity index (χ0v) is 16.0. The molecule has 1 rings (SSSR count). The van der Waals surface area contributed by atoms with Crippen molar-refractivity contribution in [2.24, 2.45) is 0 Å². The Labute approximate surface area is 155 Å². The van der Waals surface area contributed by atoms with Crippen LogP contribution in [0.1, 0.15) is 65.2 Å². The molecule has 0 aliphatic carbocycles. The molecule has 0 aromatic rings. The van der Waals surface area contributed by atoms with Crippen LogP contribution in [0, 0.1) is 0 Å². The van der Waals surface area contributed by atoms with Gasteiger partial charge in [-0.25, -0.2) is 14.2 Å². The van der Waals surface area contributed by atoms with Crippen LogP contribution in [0.4, 0.5) is 0 Å². The summed E-state index contributed by atoms with van der Waals surface area (Å²) in [5.41, 5.74) is 0. The first-order valence-electron chi connectivity index (χ1n) is 9.38. The molecule has 0 fully saturated rings. The number of ether oxygens (including phenoxy) is 1. The normalized spacial score (nSPS) is 15.1. The predicted octanol–water partition coefficient (Wildman–Crippen LogP) is 2.21. The van der Waals surface area contributed by atoms with Crippen molar-refractivity contribution in [3.05, 3.63) is 0 Å². The Morgan fingerprint density at radius 1 is 1.12 bits per heavy atom. The summed E-state index contributed by atoms with van der Waals surface area (Å²) in [6, 6.07) is 0. The molecule has 0 saturated carbocycles. The molecular formula is C18H34N2O6. The van der Waals surface area contributed by atoms with E-state index in [4.69, 9.17) is 14.9 Å². The minimum atomic E-state index is -0.998. The molecule has 0 saturated heterocycles. The highest BCUT2D eigenvalue weighted by molar-refractivity contribution is 5.83. The second kappa shape index (κ2) is 13.5. The van der Waals surface area contributed by atoms with Crippen molar-refractivity contribution < 1.29 is 34.6 Å². The van der Waals surface area contributed by atoms with E-state index in [0.29, 0.717) is 13.1 Å². The van der Waals surface area contributed by atoms with E-state index in [0.717, 1.165) is 25.1 Å². The van der Waals surface area contributed by atoms with Crippen LogP contribution in [0.15, 0.2) is 0 Å². The van der Waals surface area contributed by atoms with Gasteiger partial charge in [-0.3, -0.25) is 4.90 Å². The van der Waals surface area contributed by atoms with E-state index in [-0.39, 0.29) is 24.9 Å². The highest BCUT2D eigenvalue weighted by Gasteiger charge is 2.34. The van der Waals surface area contributed by atoms with Crippen LogP contribution in [0.3, 0.4) is 0 Å². The van der Waals surface area contributed by atoms with Gasteiger partial charge in [0.1, 0.15) is 19.7 Å². The van der Waals surface area contributed by atoms with E-state index in [1.54, 1.807) is 0 Å². The number of hydrogen-bond donors (Lipinski definition) is 2. The van der Waals surface area contributed by atoms with Gasteiger partial charge in [-0.15, -0.1) is 0 Å². The van der Waals surface area contributed by atoms with Gasteiger partial charge in [0.2, 0.25) is 5.84 Å². The Kier molecular flexibility index (Phi) is 12.7. The standard InChI is InChI=1S/C18H32N2O5.H2O/c1-3-4-5-6-7-8-9-10-16-19(13-17(21)22)11-12-20(16)15(2)25-14-18(23)24;/h15H,3-14H2,1-2H3,(H-,21,22,23,24);1H2. The molecule has 8 heteroatoms. The smallest absolute Gasteiger partial charge is 0.345 e. The highest BCUT2D eigenvalue weighted by atomic mass is 16.5. The average Bonchev–Trinajstić information content (AvgIpc) is 2.93. The maximum Gasteiger partial charge on any atom is 0.345 e. The molecule has 1 unspecified atom stereocenters. The van der Waals surface area contributed by atoms with Gasteiger partial charge in [-0.1, -0.05) is 45.4 Å². The van der Waals surface area contributed by atoms with Crippen LogP contribution in [-0.2, 0) is 14.3 Å². The van der Waals surface area contributed by atoms with Crippen molar-refractivity contribution in [1.82, 2.24) is 4.90 Å². The number of carbonyl (C=O) groups is 2. The molecule has 1 aliphatic rings. The summed E-state index contributed by atoms with van der Waals surface area (Å²) in [6.07, 6.45) is 8.86. The van der Waals surface area contributed by atoms with Crippen molar-refractivity contribution in [2.75, 3.05) is 26.2 Å². The van der Waals surface area contributed by atoms with Gasteiger partial charge in [-0.2, -0.15) is 0 Å². The monoisotopic (exact) mass is 374 g/mol. The predicted molar refractivity (Wildman–Crippen MR) is 96.9 cm³/mol. The van der Waals surface area contributed by atoms with Gasteiger partial charge < -0.3 is 20.4 Å². The van der Waals surface area contributed by atoms with E-state index < -0.39 is 11.9 Å². The van der Waals surface area contributed by atoms with E-state index >= 15 is 0 Å². The second-order valence-electron chi connectivity index (χ2n) is 6.60. The van der Waals surface area contributed by atoms with E-state index in [9.17, 15) is 9.59 Å². The van der Waals surface area contributed by atoms with Crippen LogP contribution in [0.25, 0.3) is 0 Å². The van der Waals surface area contributed by atoms with Gasteiger partial charge in [-0.05, 0) is 6.42 Å². The van der Waals surface area contributed by atoms with Crippen LogP contribution in [0.5, 0.6) is 0 Å². The topological polar surface area (TPSA) is 120 Å². The molecule has 0 radical (unpaired) electrons. The molecule has 0 aromatic carbocycles. The first kappa shape index (κ1) is 24.3. The zero-order valence-electron chi connectivity index (χ0n) is 16.0. The third-order valence-electron chi connectivity index (χ3n) is 4.52. The van der Waals surface area contributed by atoms with Crippen LogP contribution in [-0.4, -0.2) is 75.4 Å². The Morgan fingerprint density at radius 2 is 1.73 bits per heavy atom. The molecule has 0 spiro atoms. The lowest BCUT2D eigenvalue weighted by atomic mass is 10.1. The van der Waals surface area contributed by atoms with Gasteiger partial charge in [0, 0.05) is 13.3 Å². The van der Waals surface area contributed by atoms with E-state index in [1.807, 2.05) is 16.4 Å². The third kappa shape index (κ3) is 9.15. The van der Waals surface area contributed by atoms with Crippen molar-refractivity contribution in [3.8, 4) is 0 Å². The second-order valence-corrected chi connectivity index (χ2v) is 6.60. The first-order valence-corrected chi connectivity index (χ1v) is 9.38. The van der Waals surface area contributed by atoms with Crippen LogP contribution < -0.4 is 0 Å². The maximum atomic E-state index is 11.1. The number of hydrogen-bond acceptors (Lipinski definition) is 5. The fourth-order valence-corrected chi connectivity index (χ4v) is 3.22. The minimum absolute atomic E-state index is 0. The molecule has 0 bridgehead atoms. The molecule has 1 aliphatic heterocycles. The molecule has 1 heterocycles.